The van der Waals surface area contributed by atoms with E-state index < -0.39 is 5.41 Å². The summed E-state index contributed by atoms with van der Waals surface area (Å²) in [4.78, 5) is 15.9. The smallest absolute Gasteiger partial charge is 0.289 e. The molecule has 0 fully saturated rings. The van der Waals surface area contributed by atoms with Crippen molar-refractivity contribution in [3.8, 4) is 22.6 Å². The van der Waals surface area contributed by atoms with Crippen molar-refractivity contribution in [1.29, 1.82) is 10.5 Å². The molecule has 0 atom stereocenters. The Bertz CT molecular complexity index is 853. The maximum atomic E-state index is 12.2. The number of H-pyrrole nitrogens is 1. The van der Waals surface area contributed by atoms with Crippen molar-refractivity contribution in [3.63, 3.8) is 0 Å². The summed E-state index contributed by atoms with van der Waals surface area (Å²) in [7, 11) is 0. The Morgan fingerprint density at radius 1 is 1.33 bits per heavy atom. The molecule has 3 N–H and O–H groups in total. The Labute approximate surface area is 149 Å². The van der Waals surface area contributed by atoms with Crippen LogP contribution in [0.1, 0.15) is 31.9 Å². The third-order valence-electron chi connectivity index (χ3n) is 3.42. The van der Waals surface area contributed by atoms with E-state index >= 15 is 0 Å². The fraction of sp³-hybridized carbons (Fsp3) is 0.294. The Morgan fingerprint density at radius 2 is 2.00 bits per heavy atom. The molecule has 7 heteroatoms. The lowest BCUT2D eigenvalue weighted by atomic mass is 9.92. The van der Waals surface area contributed by atoms with Gasteiger partial charge in [-0.05, 0) is 11.4 Å². The van der Waals surface area contributed by atoms with E-state index in [9.17, 15) is 15.3 Å². The monoisotopic (exact) mass is 357 g/mol. The number of ketones is 1. The van der Waals surface area contributed by atoms with E-state index in [2.05, 4.69) is 17.1 Å². The molecular weight excluding hydrogens is 340 g/mol. The summed E-state index contributed by atoms with van der Waals surface area (Å²) in [5.41, 5.74) is 6.64. The minimum Gasteiger partial charge on any atom is -0.298 e. The number of nitrogens with two attached hydrogens (primary N) is 1. The van der Waals surface area contributed by atoms with Gasteiger partial charge in [-0.25, -0.2) is 4.98 Å². The number of thioether (sulfide) groups is 1. The minimum atomic E-state index is -0.450. The summed E-state index contributed by atoms with van der Waals surface area (Å²) in [5.74, 6) is 0.500. The predicted octanol–water partition coefficient (Wildman–Crippen LogP) is 3.26. The van der Waals surface area contributed by atoms with E-state index in [-0.39, 0.29) is 22.9 Å². The largest absolute Gasteiger partial charge is 0.298 e. The normalized spacial score (nSPS) is 10.9. The van der Waals surface area contributed by atoms with Crippen LogP contribution in [0.3, 0.4) is 0 Å². The van der Waals surface area contributed by atoms with Crippen LogP contribution in [0.15, 0.2) is 22.5 Å². The summed E-state index contributed by atoms with van der Waals surface area (Å²) in [6, 6.07) is 7.92. The second-order valence-corrected chi connectivity index (χ2v) is 8.09. The van der Waals surface area contributed by atoms with Crippen LogP contribution in [-0.2, 0) is 4.79 Å². The first-order chi connectivity index (χ1) is 11.3. The zero-order valence-corrected chi connectivity index (χ0v) is 15.3. The van der Waals surface area contributed by atoms with E-state index in [1.165, 1.54) is 23.1 Å². The molecule has 0 unspecified atom stereocenters. The van der Waals surface area contributed by atoms with Gasteiger partial charge in [0.1, 0.15) is 23.5 Å². The van der Waals surface area contributed by atoms with Crippen LogP contribution in [0.2, 0.25) is 0 Å². The van der Waals surface area contributed by atoms with Crippen molar-refractivity contribution < 1.29 is 9.78 Å². The van der Waals surface area contributed by atoms with Gasteiger partial charge in [0.05, 0.1) is 5.75 Å². The number of pyridine rings is 1. The fourth-order valence-corrected chi connectivity index (χ4v) is 3.94. The molecule has 0 aromatic carbocycles. The Morgan fingerprint density at radius 3 is 2.50 bits per heavy atom. The Kier molecular flexibility index (Phi) is 5.28. The van der Waals surface area contributed by atoms with E-state index in [4.69, 9.17) is 5.73 Å². The number of aromatic amines is 1. The zero-order valence-electron chi connectivity index (χ0n) is 13.6. The lowest BCUT2D eigenvalue weighted by Gasteiger charge is -2.16. The molecule has 5 nitrogen and oxygen atoms in total. The van der Waals surface area contributed by atoms with Crippen LogP contribution in [0.4, 0.5) is 5.82 Å². The first kappa shape index (κ1) is 18.0. The number of hydrogen-bond donors (Lipinski definition) is 1. The number of Topliss-reactive ketones (excluding diaryl/α,β-unsaturated/α-hetero) is 1. The molecule has 2 heterocycles. The third kappa shape index (κ3) is 3.59. The average Bonchev–Trinajstić information content (AvgIpc) is 3.04. The quantitative estimate of drug-likeness (QED) is 0.846. The summed E-state index contributed by atoms with van der Waals surface area (Å²) < 4.78 is 0. The second-order valence-electron chi connectivity index (χ2n) is 6.16. The van der Waals surface area contributed by atoms with Gasteiger partial charge in [0, 0.05) is 15.9 Å². The summed E-state index contributed by atoms with van der Waals surface area (Å²) in [6.07, 6.45) is 0. The lowest BCUT2D eigenvalue weighted by molar-refractivity contribution is -0.410. The van der Waals surface area contributed by atoms with Crippen molar-refractivity contribution >= 4 is 34.7 Å². The number of rotatable bonds is 4. The number of nitriles is 2. The van der Waals surface area contributed by atoms with Crippen LogP contribution in [-0.4, -0.2) is 11.5 Å². The maximum Gasteiger partial charge on any atom is 0.289 e. The van der Waals surface area contributed by atoms with Gasteiger partial charge >= 0.3 is 0 Å². The molecule has 0 spiro atoms. The van der Waals surface area contributed by atoms with Gasteiger partial charge in [-0.2, -0.15) is 10.5 Å². The van der Waals surface area contributed by atoms with Crippen LogP contribution in [0.5, 0.6) is 0 Å². The van der Waals surface area contributed by atoms with Gasteiger partial charge in [-0.1, -0.05) is 38.6 Å². The van der Waals surface area contributed by atoms with Crippen LogP contribution >= 0.6 is 23.1 Å². The molecule has 0 saturated heterocycles. The molecule has 0 aliphatic carbocycles. The summed E-state index contributed by atoms with van der Waals surface area (Å²) in [6.45, 7) is 5.57. The molecule has 0 radical (unpaired) electrons. The number of thiophene rings is 1. The third-order valence-corrected chi connectivity index (χ3v) is 5.31. The van der Waals surface area contributed by atoms with E-state index in [0.29, 0.717) is 16.2 Å². The molecule has 2 aromatic heterocycles. The van der Waals surface area contributed by atoms with E-state index in [1.807, 2.05) is 38.3 Å². The van der Waals surface area contributed by atoms with Gasteiger partial charge < -0.3 is 0 Å². The fourth-order valence-electron chi connectivity index (χ4n) is 1.97. The van der Waals surface area contributed by atoms with Crippen molar-refractivity contribution in [2.75, 3.05) is 11.5 Å². The van der Waals surface area contributed by atoms with Crippen molar-refractivity contribution in [1.82, 2.24) is 0 Å². The highest BCUT2D eigenvalue weighted by Crippen LogP contribution is 2.36. The van der Waals surface area contributed by atoms with Gasteiger partial charge in [-0.15, -0.1) is 11.3 Å². The average molecular weight is 357 g/mol. The molecule has 122 valence electrons. The maximum absolute atomic E-state index is 12.2. The highest BCUT2D eigenvalue weighted by Gasteiger charge is 2.26. The molecule has 2 aromatic rings. The van der Waals surface area contributed by atoms with Crippen molar-refractivity contribution in [2.24, 2.45) is 5.41 Å². The Balaban J connectivity index is 2.53. The molecular formula is C17H17N4OS2+. The van der Waals surface area contributed by atoms with Crippen molar-refractivity contribution in [2.45, 2.75) is 25.8 Å². The first-order valence-corrected chi connectivity index (χ1v) is 9.05. The molecule has 0 saturated carbocycles. The number of carbonyl (C=O) groups excluding carboxylic acids is 1. The molecule has 2 rings (SSSR count). The topological polar surface area (TPSA) is 105 Å². The van der Waals surface area contributed by atoms with E-state index in [0.717, 1.165) is 4.88 Å². The van der Waals surface area contributed by atoms with Crippen LogP contribution in [0.25, 0.3) is 10.4 Å². The molecule has 0 bridgehead atoms. The van der Waals surface area contributed by atoms with Gasteiger partial charge in [0.2, 0.25) is 0 Å². The van der Waals surface area contributed by atoms with Crippen LogP contribution in [0, 0.1) is 28.1 Å². The first-order valence-electron chi connectivity index (χ1n) is 7.18. The predicted molar refractivity (Wildman–Crippen MR) is 95.3 cm³/mol. The summed E-state index contributed by atoms with van der Waals surface area (Å²) in [5, 5.41) is 21.4. The highest BCUT2D eigenvalue weighted by atomic mass is 32.2. The minimum absolute atomic E-state index is 0.0744. The number of nitrogens with one attached hydrogen (secondary N) is 1. The Hall–Kier alpha value is -2.35. The molecule has 24 heavy (non-hydrogen) atoms. The number of nitrogen functional groups attached to an aromatic ring is 1. The zero-order chi connectivity index (χ0) is 17.9. The highest BCUT2D eigenvalue weighted by molar-refractivity contribution is 7.99. The number of aromatic nitrogens is 1. The lowest BCUT2D eigenvalue weighted by Crippen LogP contribution is -2.24. The SMILES string of the molecule is CC(C)(C)C(=O)CSc1[nH+]c(N)c(C#N)c(-c2cccs2)c1C#N. The number of nitrogens with zero attached hydrogens (tertiary/aromatic N) is 2. The molecule has 0 aliphatic rings. The molecule has 0 amide bonds. The van der Waals surface area contributed by atoms with Gasteiger partial charge in [-0.3, -0.25) is 10.5 Å². The standard InChI is InChI=1S/C17H16N4OS2/c1-17(2,3)13(22)9-24-16-11(8-19)14(12-5-4-6-23-12)10(7-18)15(20)21-16/h4-6H,9H2,1-3H3,(H2,20,21)/p+1. The summed E-state index contributed by atoms with van der Waals surface area (Å²) >= 11 is 2.67. The van der Waals surface area contributed by atoms with Gasteiger partial charge in [0.15, 0.2) is 10.6 Å². The molecule has 0 aliphatic heterocycles. The van der Waals surface area contributed by atoms with Crippen LogP contribution < -0.4 is 10.7 Å². The van der Waals surface area contributed by atoms with Crippen molar-refractivity contribution in [3.05, 3.63) is 28.6 Å². The van der Waals surface area contributed by atoms with Gasteiger partial charge in [0.25, 0.3) is 5.82 Å². The van der Waals surface area contributed by atoms with E-state index in [1.54, 1.807) is 0 Å². The second kappa shape index (κ2) is 7.04. The number of carbonyl (C=O) groups is 1. The number of anilines is 1. The number of hydrogen-bond acceptors (Lipinski definition) is 6.